The normalized spacial score (nSPS) is 14.8. The van der Waals surface area contributed by atoms with E-state index in [1.807, 2.05) is 6.20 Å². The van der Waals surface area contributed by atoms with Gasteiger partial charge in [0.2, 0.25) is 0 Å². The van der Waals surface area contributed by atoms with E-state index in [1.165, 1.54) is 51.4 Å². The van der Waals surface area contributed by atoms with Crippen molar-refractivity contribution in [1.82, 2.24) is 4.98 Å². The quantitative estimate of drug-likeness (QED) is 0.559. The van der Waals surface area contributed by atoms with E-state index in [0.29, 0.717) is 0 Å². The van der Waals surface area contributed by atoms with Crippen LogP contribution in [0.4, 0.5) is 0 Å². The molecular weight excluding hydrogens is 210 g/mol. The maximum absolute atomic E-state index is 5.54. The lowest BCUT2D eigenvalue weighted by atomic mass is 9.78. The van der Waals surface area contributed by atoms with Gasteiger partial charge in [-0.15, -0.1) is 0 Å². The summed E-state index contributed by atoms with van der Waals surface area (Å²) in [5.74, 6) is 1.07. The summed E-state index contributed by atoms with van der Waals surface area (Å²) in [6.07, 6.45) is 13.7. The van der Waals surface area contributed by atoms with Gasteiger partial charge in [0.25, 0.3) is 0 Å². The highest BCUT2D eigenvalue weighted by Crippen LogP contribution is 2.34. The summed E-state index contributed by atoms with van der Waals surface area (Å²) in [4.78, 5) is 4.07. The second-order valence-corrected chi connectivity index (χ2v) is 5.34. The Morgan fingerprint density at radius 1 is 1.06 bits per heavy atom. The summed E-state index contributed by atoms with van der Waals surface area (Å²) in [5, 5.41) is 0. The molecule has 0 spiro atoms. The number of hydrogen-bond acceptors (Lipinski definition) is 2. The Morgan fingerprint density at radius 2 is 1.76 bits per heavy atom. The number of rotatable bonds is 9. The van der Waals surface area contributed by atoms with Crippen molar-refractivity contribution in [3.8, 4) is 0 Å². The molecule has 1 aromatic rings. The fourth-order valence-corrected chi connectivity index (χ4v) is 2.39. The number of oxazole rings is 1. The molecule has 1 rings (SSSR count). The molecule has 0 amide bonds. The number of aromatic nitrogens is 1. The molecule has 0 aliphatic carbocycles. The minimum absolute atomic E-state index is 0.195. The van der Waals surface area contributed by atoms with Crippen LogP contribution in [0.2, 0.25) is 0 Å². The summed E-state index contributed by atoms with van der Waals surface area (Å²) < 4.78 is 5.54. The van der Waals surface area contributed by atoms with Gasteiger partial charge >= 0.3 is 0 Å². The van der Waals surface area contributed by atoms with Crippen molar-refractivity contribution in [3.05, 3.63) is 18.4 Å². The van der Waals surface area contributed by atoms with Crippen molar-refractivity contribution in [2.45, 2.75) is 77.6 Å². The first-order valence-electron chi connectivity index (χ1n) is 7.12. The number of nitrogens with zero attached hydrogens (tertiary/aromatic N) is 1. The molecule has 1 unspecified atom stereocenters. The van der Waals surface area contributed by atoms with Gasteiger partial charge in [0.05, 0.1) is 6.20 Å². The maximum atomic E-state index is 5.54. The molecule has 1 aromatic heterocycles. The first kappa shape index (κ1) is 14.3. The minimum atomic E-state index is 0.195. The minimum Gasteiger partial charge on any atom is -0.448 e. The van der Waals surface area contributed by atoms with Gasteiger partial charge in [-0.25, -0.2) is 4.98 Å². The summed E-state index contributed by atoms with van der Waals surface area (Å²) in [5.41, 5.74) is 0.195. The van der Waals surface area contributed by atoms with E-state index in [2.05, 4.69) is 25.8 Å². The highest BCUT2D eigenvalue weighted by molar-refractivity contribution is 5.07. The van der Waals surface area contributed by atoms with Crippen LogP contribution in [0, 0.1) is 0 Å². The Kier molecular flexibility index (Phi) is 6.31. The molecule has 2 nitrogen and oxygen atoms in total. The van der Waals surface area contributed by atoms with Crippen molar-refractivity contribution in [1.29, 1.82) is 0 Å². The van der Waals surface area contributed by atoms with E-state index in [1.54, 1.807) is 6.39 Å². The molecule has 0 aromatic carbocycles. The predicted molar refractivity (Wildman–Crippen MR) is 72.1 cm³/mol. The standard InChI is InChI=1S/C15H27NO/c1-4-6-8-9-11-15(3,10-7-5-2)14-12-16-13-17-14/h12-13H,4-11H2,1-3H3. The number of hydrogen-bond donors (Lipinski definition) is 0. The second-order valence-electron chi connectivity index (χ2n) is 5.34. The van der Waals surface area contributed by atoms with Gasteiger partial charge in [0.1, 0.15) is 5.76 Å². The third-order valence-electron chi connectivity index (χ3n) is 3.69. The fraction of sp³-hybridized carbons (Fsp3) is 0.800. The van der Waals surface area contributed by atoms with Gasteiger partial charge < -0.3 is 4.42 Å². The summed E-state index contributed by atoms with van der Waals surface area (Å²) in [6.45, 7) is 6.83. The Hall–Kier alpha value is -0.790. The van der Waals surface area contributed by atoms with Gasteiger partial charge in [-0.3, -0.25) is 0 Å². The molecule has 0 fully saturated rings. The smallest absolute Gasteiger partial charge is 0.180 e. The first-order valence-corrected chi connectivity index (χ1v) is 7.12. The average Bonchev–Trinajstić information content (AvgIpc) is 2.86. The average molecular weight is 237 g/mol. The molecule has 1 heterocycles. The molecule has 2 heteroatoms. The molecule has 0 saturated heterocycles. The van der Waals surface area contributed by atoms with Gasteiger partial charge in [-0.05, 0) is 12.8 Å². The van der Waals surface area contributed by atoms with E-state index in [-0.39, 0.29) is 5.41 Å². The van der Waals surface area contributed by atoms with Gasteiger partial charge in [-0.1, -0.05) is 59.3 Å². The molecule has 0 aliphatic rings. The first-order chi connectivity index (χ1) is 8.23. The molecule has 0 saturated carbocycles. The van der Waals surface area contributed by atoms with E-state index < -0.39 is 0 Å². The van der Waals surface area contributed by atoms with Crippen molar-refractivity contribution in [2.75, 3.05) is 0 Å². The molecular formula is C15H27NO. The lowest BCUT2D eigenvalue weighted by Crippen LogP contribution is -2.21. The van der Waals surface area contributed by atoms with Gasteiger partial charge in [0, 0.05) is 5.41 Å². The zero-order valence-electron chi connectivity index (χ0n) is 11.7. The van der Waals surface area contributed by atoms with Crippen LogP contribution >= 0.6 is 0 Å². The Morgan fingerprint density at radius 3 is 2.35 bits per heavy atom. The fourth-order valence-electron chi connectivity index (χ4n) is 2.39. The van der Waals surface area contributed by atoms with Gasteiger partial charge in [0.15, 0.2) is 6.39 Å². The van der Waals surface area contributed by atoms with Crippen molar-refractivity contribution in [3.63, 3.8) is 0 Å². The van der Waals surface area contributed by atoms with E-state index >= 15 is 0 Å². The van der Waals surface area contributed by atoms with Crippen molar-refractivity contribution >= 4 is 0 Å². The van der Waals surface area contributed by atoms with Crippen molar-refractivity contribution in [2.24, 2.45) is 0 Å². The zero-order chi connectivity index (χ0) is 12.6. The van der Waals surface area contributed by atoms with Crippen LogP contribution in [0.25, 0.3) is 0 Å². The van der Waals surface area contributed by atoms with Crippen LogP contribution in [0.1, 0.15) is 77.9 Å². The van der Waals surface area contributed by atoms with Crippen LogP contribution in [0.15, 0.2) is 17.0 Å². The van der Waals surface area contributed by atoms with E-state index in [9.17, 15) is 0 Å². The monoisotopic (exact) mass is 237 g/mol. The SMILES string of the molecule is CCCCCCC(C)(CCCC)c1cnco1. The lowest BCUT2D eigenvalue weighted by Gasteiger charge is -2.27. The molecule has 1 atom stereocenters. The predicted octanol–water partition coefficient (Wildman–Crippen LogP) is 5.09. The molecule has 0 radical (unpaired) electrons. The zero-order valence-corrected chi connectivity index (χ0v) is 11.7. The molecule has 0 aliphatic heterocycles. The van der Waals surface area contributed by atoms with Gasteiger partial charge in [-0.2, -0.15) is 0 Å². The Balaban J connectivity index is 2.53. The highest BCUT2D eigenvalue weighted by Gasteiger charge is 2.28. The highest BCUT2D eigenvalue weighted by atomic mass is 16.3. The van der Waals surface area contributed by atoms with Crippen molar-refractivity contribution < 1.29 is 4.42 Å². The summed E-state index contributed by atoms with van der Waals surface area (Å²) >= 11 is 0. The third-order valence-corrected chi connectivity index (χ3v) is 3.69. The maximum Gasteiger partial charge on any atom is 0.180 e. The molecule has 98 valence electrons. The summed E-state index contributed by atoms with van der Waals surface area (Å²) in [7, 11) is 0. The van der Waals surface area contributed by atoms with Crippen LogP contribution in [-0.2, 0) is 5.41 Å². The van der Waals surface area contributed by atoms with E-state index in [4.69, 9.17) is 4.42 Å². The molecule has 17 heavy (non-hydrogen) atoms. The number of unbranched alkanes of at least 4 members (excludes halogenated alkanes) is 4. The van der Waals surface area contributed by atoms with E-state index in [0.717, 1.165) is 5.76 Å². The van der Waals surface area contributed by atoms with Crippen LogP contribution < -0.4 is 0 Å². The van der Waals surface area contributed by atoms with Crippen LogP contribution in [0.3, 0.4) is 0 Å². The largest absolute Gasteiger partial charge is 0.448 e. The van der Waals surface area contributed by atoms with Crippen LogP contribution in [-0.4, -0.2) is 4.98 Å². The molecule has 0 bridgehead atoms. The Bertz CT molecular complexity index is 281. The second kappa shape index (κ2) is 7.52. The molecule has 0 N–H and O–H groups in total. The topological polar surface area (TPSA) is 26.0 Å². The summed E-state index contributed by atoms with van der Waals surface area (Å²) in [6, 6.07) is 0. The lowest BCUT2D eigenvalue weighted by molar-refractivity contribution is 0.301. The third kappa shape index (κ3) is 4.53. The Labute approximate surface area is 106 Å². The van der Waals surface area contributed by atoms with Crippen LogP contribution in [0.5, 0.6) is 0 Å².